The first kappa shape index (κ1) is 20.6. The van der Waals surface area contributed by atoms with Crippen molar-refractivity contribution >= 4 is 5.97 Å². The summed E-state index contributed by atoms with van der Waals surface area (Å²) in [7, 11) is 0. The van der Waals surface area contributed by atoms with Gasteiger partial charge >= 0.3 is 5.97 Å². The van der Waals surface area contributed by atoms with Gasteiger partial charge in [0.05, 0.1) is 0 Å². The second-order valence-corrected chi connectivity index (χ2v) is 5.24. The van der Waals surface area contributed by atoms with Crippen LogP contribution in [0.5, 0.6) is 0 Å². The van der Waals surface area contributed by atoms with Crippen molar-refractivity contribution in [3.8, 4) is 0 Å². The number of hydrogen-bond acceptors (Lipinski definition) is 3. The van der Waals surface area contributed by atoms with Gasteiger partial charge in [0, 0.05) is 6.42 Å². The zero-order valence-corrected chi connectivity index (χ0v) is 13.6. The monoisotopic (exact) mass is 310 g/mol. The Morgan fingerprint density at radius 3 is 2.36 bits per heavy atom. The van der Waals surface area contributed by atoms with E-state index in [1.165, 1.54) is 0 Å². The van der Waals surface area contributed by atoms with Gasteiger partial charge in [-0.25, -0.2) is 4.89 Å². The molecule has 4 nitrogen and oxygen atoms in total. The van der Waals surface area contributed by atoms with E-state index in [4.69, 9.17) is 10.4 Å². The molecular weight excluding hydrogens is 280 g/mol. The zero-order chi connectivity index (χ0) is 16.5. The summed E-state index contributed by atoms with van der Waals surface area (Å²) in [5.74, 6) is -0.712. The summed E-state index contributed by atoms with van der Waals surface area (Å²) < 4.78 is 0. The van der Waals surface area contributed by atoms with Crippen molar-refractivity contribution < 1.29 is 20.0 Å². The summed E-state index contributed by atoms with van der Waals surface area (Å²) in [4.78, 5) is 14.7. The van der Waals surface area contributed by atoms with Crippen LogP contribution in [-0.2, 0) is 9.68 Å². The third-order valence-corrected chi connectivity index (χ3v) is 3.21. The number of allylic oxidation sites excluding steroid dienone is 4. The van der Waals surface area contributed by atoms with Gasteiger partial charge in [0.2, 0.25) is 0 Å². The lowest BCUT2D eigenvalue weighted by Crippen LogP contribution is -2.02. The van der Waals surface area contributed by atoms with Crippen molar-refractivity contribution in [1.29, 1.82) is 0 Å². The van der Waals surface area contributed by atoms with Crippen molar-refractivity contribution in [3.05, 3.63) is 36.5 Å². The lowest BCUT2D eigenvalue weighted by molar-refractivity contribution is -0.254. The molecule has 0 amide bonds. The predicted molar refractivity (Wildman–Crippen MR) is 89.8 cm³/mol. The van der Waals surface area contributed by atoms with Gasteiger partial charge in [0.1, 0.15) is 6.10 Å². The van der Waals surface area contributed by atoms with Crippen LogP contribution in [-0.4, -0.2) is 22.4 Å². The molecule has 0 saturated carbocycles. The molecule has 0 aliphatic rings. The highest BCUT2D eigenvalue weighted by Gasteiger charge is 1.98. The van der Waals surface area contributed by atoms with Gasteiger partial charge < -0.3 is 5.11 Å². The molecule has 0 heterocycles. The van der Waals surface area contributed by atoms with E-state index in [9.17, 15) is 4.79 Å². The summed E-state index contributed by atoms with van der Waals surface area (Å²) in [5.41, 5.74) is 0. The number of rotatable bonds is 14. The molecule has 0 aliphatic heterocycles. The SMILES string of the molecule is CCC=CCC=C[C@@H](C=CCCCCCCCC(=O)O)OO. The summed E-state index contributed by atoms with van der Waals surface area (Å²) in [5, 5.41) is 17.3. The fraction of sp³-hybridized carbons (Fsp3) is 0.611. The fourth-order valence-corrected chi connectivity index (χ4v) is 1.99. The van der Waals surface area contributed by atoms with Gasteiger partial charge in [-0.3, -0.25) is 10.1 Å². The molecule has 0 fully saturated rings. The van der Waals surface area contributed by atoms with Gasteiger partial charge in [-0.15, -0.1) is 0 Å². The largest absolute Gasteiger partial charge is 0.481 e. The zero-order valence-electron chi connectivity index (χ0n) is 13.6. The first-order valence-corrected chi connectivity index (χ1v) is 8.21. The summed E-state index contributed by atoms with van der Waals surface area (Å²) in [6, 6.07) is 0. The highest BCUT2D eigenvalue weighted by molar-refractivity contribution is 5.66. The average Bonchev–Trinajstić information content (AvgIpc) is 2.50. The molecule has 0 aromatic carbocycles. The highest BCUT2D eigenvalue weighted by atomic mass is 17.1. The van der Waals surface area contributed by atoms with Crippen LogP contribution in [0.4, 0.5) is 0 Å². The number of carboxylic acids is 1. The highest BCUT2D eigenvalue weighted by Crippen LogP contribution is 2.08. The Hall–Kier alpha value is -1.39. The number of unbranched alkanes of at least 4 members (excludes halogenated alkanes) is 5. The summed E-state index contributed by atoms with van der Waals surface area (Å²) >= 11 is 0. The number of carbonyl (C=O) groups is 1. The van der Waals surface area contributed by atoms with Crippen LogP contribution in [0, 0.1) is 0 Å². The maximum Gasteiger partial charge on any atom is 0.303 e. The van der Waals surface area contributed by atoms with Crippen molar-refractivity contribution in [2.45, 2.75) is 70.8 Å². The molecule has 0 unspecified atom stereocenters. The molecule has 126 valence electrons. The Kier molecular flexibility index (Phi) is 15.0. The number of carboxylic acid groups (broad SMARTS) is 1. The predicted octanol–water partition coefficient (Wildman–Crippen LogP) is 5.13. The molecule has 0 radical (unpaired) electrons. The Morgan fingerprint density at radius 1 is 1.00 bits per heavy atom. The minimum Gasteiger partial charge on any atom is -0.481 e. The second-order valence-electron chi connectivity index (χ2n) is 5.24. The molecule has 0 aromatic heterocycles. The van der Waals surface area contributed by atoms with Gasteiger partial charge in [-0.05, 0) is 32.1 Å². The van der Waals surface area contributed by atoms with E-state index >= 15 is 0 Å². The Balaban J connectivity index is 3.63. The molecule has 2 N–H and O–H groups in total. The molecule has 0 spiro atoms. The van der Waals surface area contributed by atoms with E-state index in [2.05, 4.69) is 24.0 Å². The van der Waals surface area contributed by atoms with Crippen molar-refractivity contribution in [2.75, 3.05) is 0 Å². The second kappa shape index (κ2) is 16.0. The molecule has 0 bridgehead atoms. The fourth-order valence-electron chi connectivity index (χ4n) is 1.99. The standard InChI is InChI=1S/C18H30O4/c1-2-3-4-8-11-14-17(22-21)15-12-9-6-5-7-10-13-16-18(19)20/h3-4,11-12,14-15,17,21H,2,5-10,13,16H2,1H3,(H,19,20)/t17-/m0/s1. The first-order valence-electron chi connectivity index (χ1n) is 8.21. The summed E-state index contributed by atoms with van der Waals surface area (Å²) in [6.45, 7) is 2.09. The molecule has 4 heteroatoms. The van der Waals surface area contributed by atoms with E-state index in [1.807, 2.05) is 24.3 Å². The summed E-state index contributed by atoms with van der Waals surface area (Å²) in [6.07, 6.45) is 19.6. The third kappa shape index (κ3) is 15.0. The van der Waals surface area contributed by atoms with Crippen LogP contribution in [0.25, 0.3) is 0 Å². The van der Waals surface area contributed by atoms with E-state index in [0.717, 1.165) is 51.4 Å². The van der Waals surface area contributed by atoms with Crippen LogP contribution in [0.3, 0.4) is 0 Å². The lowest BCUT2D eigenvalue weighted by Gasteiger charge is -2.02. The van der Waals surface area contributed by atoms with Gasteiger partial charge in [-0.1, -0.05) is 62.6 Å². The van der Waals surface area contributed by atoms with Crippen LogP contribution in [0.2, 0.25) is 0 Å². The van der Waals surface area contributed by atoms with Crippen molar-refractivity contribution in [2.24, 2.45) is 0 Å². The van der Waals surface area contributed by atoms with Gasteiger partial charge in [-0.2, -0.15) is 0 Å². The molecular formula is C18H30O4. The number of aliphatic carboxylic acids is 1. The van der Waals surface area contributed by atoms with E-state index < -0.39 is 5.97 Å². The van der Waals surface area contributed by atoms with Crippen LogP contribution in [0.15, 0.2) is 36.5 Å². The molecule has 22 heavy (non-hydrogen) atoms. The van der Waals surface area contributed by atoms with Crippen molar-refractivity contribution in [3.63, 3.8) is 0 Å². The maximum atomic E-state index is 10.3. The Morgan fingerprint density at radius 2 is 1.68 bits per heavy atom. The first-order chi connectivity index (χ1) is 10.7. The van der Waals surface area contributed by atoms with E-state index in [0.29, 0.717) is 0 Å². The molecule has 1 atom stereocenters. The minimum atomic E-state index is -0.712. The molecule has 0 aromatic rings. The Labute approximate surface area is 134 Å². The molecule has 0 saturated heterocycles. The quantitative estimate of drug-likeness (QED) is 0.202. The van der Waals surface area contributed by atoms with Crippen LogP contribution >= 0.6 is 0 Å². The van der Waals surface area contributed by atoms with E-state index in [1.54, 1.807) is 0 Å². The average molecular weight is 310 g/mol. The normalized spacial score (nSPS) is 13.5. The van der Waals surface area contributed by atoms with Crippen LogP contribution in [0.1, 0.15) is 64.7 Å². The number of hydrogen-bond donors (Lipinski definition) is 2. The Bertz CT molecular complexity index is 345. The lowest BCUT2D eigenvalue weighted by atomic mass is 10.1. The topological polar surface area (TPSA) is 66.8 Å². The molecule has 0 rings (SSSR count). The van der Waals surface area contributed by atoms with Gasteiger partial charge in [0.25, 0.3) is 0 Å². The maximum absolute atomic E-state index is 10.3. The molecule has 0 aliphatic carbocycles. The van der Waals surface area contributed by atoms with Crippen LogP contribution < -0.4 is 0 Å². The van der Waals surface area contributed by atoms with Gasteiger partial charge in [0.15, 0.2) is 0 Å². The third-order valence-electron chi connectivity index (χ3n) is 3.21. The minimum absolute atomic E-state index is 0.273. The van der Waals surface area contributed by atoms with Crippen molar-refractivity contribution in [1.82, 2.24) is 0 Å². The van der Waals surface area contributed by atoms with E-state index in [-0.39, 0.29) is 12.5 Å². The smallest absolute Gasteiger partial charge is 0.303 e.